The number of aromatic nitrogens is 2. The molecule has 31 heavy (non-hydrogen) atoms. The van der Waals surface area contributed by atoms with Crippen LogP contribution in [0.15, 0.2) is 32.1 Å². The van der Waals surface area contributed by atoms with E-state index in [1.54, 1.807) is 0 Å². The molecule has 20 heteroatoms. The zero-order valence-electron chi connectivity index (χ0n) is 15.7. The van der Waals surface area contributed by atoms with E-state index >= 15 is 0 Å². The van der Waals surface area contributed by atoms with Crippen LogP contribution in [0.2, 0.25) is 0 Å². The molecular formula is C11H19N4O13P3. The smallest absolute Gasteiger partial charge is 0.347 e. The van der Waals surface area contributed by atoms with Gasteiger partial charge >= 0.3 is 29.2 Å². The highest BCUT2D eigenvalue weighted by molar-refractivity contribution is 7.66. The summed E-state index contributed by atoms with van der Waals surface area (Å²) in [6, 6.07) is 1.09. The largest absolute Gasteiger partial charge is 0.490 e. The summed E-state index contributed by atoms with van der Waals surface area (Å²) in [6.07, 6.45) is 0.565. The molecule has 4 atom stereocenters. The SMILES string of the molecule is CN=NC[C@@]1(COP(=O)(O)OP(=O)(O)OP(=O)(O)O)CC[C@H](n2ccc(=O)[nH]c2=O)O1. The standard InChI is InChI=1S/C11H19N4O13P3/c1-12-13-6-11(4-2-9(26-11)15-5-3-8(16)14-10(15)17)7-25-30(21,22)28-31(23,24)27-29(18,19)20/h3,5,9H,2,4,6-7H2,1H3,(H,21,22)(H,23,24)(H,14,16,17)(H2,18,19,20)/t9-,11-/m1/s1. The third-order valence-corrected chi connectivity index (χ3v) is 7.58. The Hall–Kier alpha value is -1.35. The molecule has 1 saturated heterocycles. The lowest BCUT2D eigenvalue weighted by Crippen LogP contribution is -2.39. The van der Waals surface area contributed by atoms with Crippen molar-refractivity contribution < 1.29 is 51.2 Å². The van der Waals surface area contributed by atoms with Gasteiger partial charge in [0.1, 0.15) is 11.8 Å². The van der Waals surface area contributed by atoms with E-state index in [0.29, 0.717) is 0 Å². The Morgan fingerprint density at radius 1 is 1.23 bits per heavy atom. The van der Waals surface area contributed by atoms with E-state index in [-0.39, 0.29) is 19.4 Å². The quantitative estimate of drug-likeness (QED) is 0.207. The summed E-state index contributed by atoms with van der Waals surface area (Å²) >= 11 is 0. The number of nitrogens with zero attached hydrogens (tertiary/aromatic N) is 3. The first-order valence-corrected chi connectivity index (χ1v) is 12.7. The number of nitrogens with one attached hydrogen (secondary N) is 1. The molecule has 0 radical (unpaired) electrons. The van der Waals surface area contributed by atoms with Crippen LogP contribution >= 0.6 is 23.5 Å². The molecule has 2 rings (SSSR count). The van der Waals surface area contributed by atoms with E-state index < -0.39 is 53.2 Å². The molecule has 0 amide bonds. The van der Waals surface area contributed by atoms with Gasteiger partial charge in [0, 0.05) is 19.3 Å². The average Bonchev–Trinajstić information content (AvgIpc) is 3.00. The molecule has 2 unspecified atom stereocenters. The number of ether oxygens (including phenoxy) is 1. The van der Waals surface area contributed by atoms with E-state index in [0.717, 1.165) is 10.6 Å². The molecule has 0 bridgehead atoms. The van der Waals surface area contributed by atoms with Crippen molar-refractivity contribution in [2.24, 2.45) is 10.2 Å². The molecule has 5 N–H and O–H groups in total. The van der Waals surface area contributed by atoms with Crippen molar-refractivity contribution >= 4 is 23.5 Å². The summed E-state index contributed by atoms with van der Waals surface area (Å²) < 4.78 is 52.8. The maximum absolute atomic E-state index is 12.0. The minimum Gasteiger partial charge on any atom is -0.347 e. The molecule has 1 aliphatic heterocycles. The molecule has 0 aromatic carbocycles. The molecule has 1 fully saturated rings. The number of H-pyrrole nitrogens is 1. The van der Waals surface area contributed by atoms with E-state index in [4.69, 9.17) is 14.5 Å². The Kier molecular flexibility index (Phi) is 8.06. The average molecular weight is 508 g/mol. The van der Waals surface area contributed by atoms with Crippen molar-refractivity contribution in [2.75, 3.05) is 20.2 Å². The van der Waals surface area contributed by atoms with Crippen LogP contribution in [0.4, 0.5) is 0 Å². The van der Waals surface area contributed by atoms with Crippen LogP contribution in [0, 0.1) is 0 Å². The summed E-state index contributed by atoms with van der Waals surface area (Å²) in [5.41, 5.74) is -2.83. The van der Waals surface area contributed by atoms with Gasteiger partial charge in [-0.2, -0.15) is 18.8 Å². The Bertz CT molecular complexity index is 1080. The lowest BCUT2D eigenvalue weighted by Gasteiger charge is -2.28. The van der Waals surface area contributed by atoms with E-state index in [9.17, 15) is 33.1 Å². The number of hydrogen-bond donors (Lipinski definition) is 5. The highest BCUT2D eigenvalue weighted by atomic mass is 31.3. The van der Waals surface area contributed by atoms with Crippen molar-refractivity contribution in [3.63, 3.8) is 0 Å². The minimum absolute atomic E-state index is 0.109. The van der Waals surface area contributed by atoms with Crippen molar-refractivity contribution in [3.05, 3.63) is 33.1 Å². The van der Waals surface area contributed by atoms with Crippen molar-refractivity contribution in [2.45, 2.75) is 24.7 Å². The van der Waals surface area contributed by atoms with Crippen LogP contribution in [0.25, 0.3) is 0 Å². The first-order valence-electron chi connectivity index (χ1n) is 8.19. The Morgan fingerprint density at radius 2 is 1.90 bits per heavy atom. The maximum atomic E-state index is 12.0. The van der Waals surface area contributed by atoms with Gasteiger partial charge in [0.05, 0.1) is 13.2 Å². The Morgan fingerprint density at radius 3 is 2.48 bits per heavy atom. The fraction of sp³-hybridized carbons (Fsp3) is 0.636. The minimum atomic E-state index is -5.67. The zero-order valence-corrected chi connectivity index (χ0v) is 18.4. The van der Waals surface area contributed by atoms with Crippen LogP contribution in [-0.2, 0) is 31.6 Å². The fourth-order valence-electron chi connectivity index (χ4n) is 2.61. The molecule has 1 aromatic heterocycles. The second-order valence-corrected chi connectivity index (χ2v) is 10.6. The number of phosphoric ester groups is 1. The second-order valence-electron chi connectivity index (χ2n) is 6.18. The number of phosphoric acid groups is 3. The van der Waals surface area contributed by atoms with Gasteiger partial charge in [-0.1, -0.05) is 0 Å². The molecule has 2 heterocycles. The summed E-state index contributed by atoms with van der Waals surface area (Å²) in [7, 11) is -15.2. The van der Waals surface area contributed by atoms with Gasteiger partial charge in [-0.25, -0.2) is 18.5 Å². The van der Waals surface area contributed by atoms with Gasteiger partial charge in [0.2, 0.25) is 0 Å². The number of aromatic amines is 1. The van der Waals surface area contributed by atoms with Crippen molar-refractivity contribution in [1.82, 2.24) is 9.55 Å². The molecule has 176 valence electrons. The number of rotatable bonds is 10. The van der Waals surface area contributed by atoms with Gasteiger partial charge in [-0.05, 0) is 12.8 Å². The van der Waals surface area contributed by atoms with Gasteiger partial charge in [0.15, 0.2) is 0 Å². The topological polar surface area (TPSA) is 249 Å². The molecule has 0 spiro atoms. The van der Waals surface area contributed by atoms with Crippen molar-refractivity contribution in [1.29, 1.82) is 0 Å². The van der Waals surface area contributed by atoms with Gasteiger partial charge in [-0.3, -0.25) is 18.9 Å². The summed E-state index contributed by atoms with van der Waals surface area (Å²) in [4.78, 5) is 61.1. The maximum Gasteiger partial charge on any atom is 0.490 e. The lowest BCUT2D eigenvalue weighted by atomic mass is 10.0. The van der Waals surface area contributed by atoms with Crippen LogP contribution in [-0.4, -0.2) is 54.9 Å². The monoisotopic (exact) mass is 508 g/mol. The van der Waals surface area contributed by atoms with Crippen LogP contribution < -0.4 is 11.2 Å². The first kappa shape index (κ1) is 25.9. The van der Waals surface area contributed by atoms with Crippen LogP contribution in [0.5, 0.6) is 0 Å². The van der Waals surface area contributed by atoms with Gasteiger partial charge in [0.25, 0.3) is 5.56 Å². The molecule has 0 aliphatic carbocycles. The predicted octanol–water partition coefficient (Wildman–Crippen LogP) is 0.00970. The normalized spacial score (nSPS) is 26.0. The van der Waals surface area contributed by atoms with E-state index in [1.165, 1.54) is 13.2 Å². The lowest BCUT2D eigenvalue weighted by molar-refractivity contribution is -0.0921. The third kappa shape index (κ3) is 7.93. The number of azo groups is 1. The second kappa shape index (κ2) is 9.65. The highest BCUT2D eigenvalue weighted by Gasteiger charge is 2.46. The Labute approximate surface area is 173 Å². The third-order valence-electron chi connectivity index (χ3n) is 3.80. The first-order chi connectivity index (χ1) is 14.2. The Balaban J connectivity index is 2.15. The van der Waals surface area contributed by atoms with E-state index in [1.807, 2.05) is 4.98 Å². The van der Waals surface area contributed by atoms with Crippen molar-refractivity contribution in [3.8, 4) is 0 Å². The van der Waals surface area contributed by atoms with E-state index in [2.05, 4.69) is 23.4 Å². The molecule has 0 saturated carbocycles. The van der Waals surface area contributed by atoms with Crippen LogP contribution in [0.3, 0.4) is 0 Å². The van der Waals surface area contributed by atoms with Gasteiger partial charge < -0.3 is 24.3 Å². The fourth-order valence-corrected chi connectivity index (χ4v) is 5.71. The van der Waals surface area contributed by atoms with Gasteiger partial charge in [-0.15, -0.1) is 0 Å². The number of hydrogen-bond acceptors (Lipinski definition) is 11. The van der Waals surface area contributed by atoms with Crippen LogP contribution in [0.1, 0.15) is 19.1 Å². The molecule has 17 nitrogen and oxygen atoms in total. The molecular weight excluding hydrogens is 489 g/mol. The predicted molar refractivity (Wildman–Crippen MR) is 98.9 cm³/mol. The summed E-state index contributed by atoms with van der Waals surface area (Å²) in [5.74, 6) is 0. The highest BCUT2D eigenvalue weighted by Crippen LogP contribution is 2.66. The summed E-state index contributed by atoms with van der Waals surface area (Å²) in [5, 5.41) is 7.28. The summed E-state index contributed by atoms with van der Waals surface area (Å²) in [6.45, 7) is -0.974. The molecule has 1 aromatic rings. The molecule has 1 aliphatic rings. The zero-order chi connectivity index (χ0) is 23.5.